The Morgan fingerprint density at radius 1 is 1.19 bits per heavy atom. The second kappa shape index (κ2) is 6.76. The van der Waals surface area contributed by atoms with Gasteiger partial charge < -0.3 is 19.9 Å². The SMILES string of the molecule is COCc1ccccc1NC(=O)c1ccc(OC)c(O)c1. The zero-order valence-electron chi connectivity index (χ0n) is 11.9. The maximum atomic E-state index is 12.2. The van der Waals surface area contributed by atoms with Crippen LogP contribution in [0.5, 0.6) is 11.5 Å². The molecule has 110 valence electrons. The van der Waals surface area contributed by atoms with Gasteiger partial charge in [0.1, 0.15) is 0 Å². The lowest BCUT2D eigenvalue weighted by Crippen LogP contribution is -2.13. The van der Waals surface area contributed by atoms with Gasteiger partial charge in [-0.1, -0.05) is 18.2 Å². The van der Waals surface area contributed by atoms with E-state index < -0.39 is 0 Å². The number of methoxy groups -OCH3 is 2. The van der Waals surface area contributed by atoms with Gasteiger partial charge in [-0.15, -0.1) is 0 Å². The first kappa shape index (κ1) is 14.9. The highest BCUT2D eigenvalue weighted by Gasteiger charge is 2.11. The lowest BCUT2D eigenvalue weighted by Gasteiger charge is -2.11. The molecule has 0 radical (unpaired) electrons. The van der Waals surface area contributed by atoms with E-state index in [1.165, 1.54) is 13.2 Å². The highest BCUT2D eigenvalue weighted by Crippen LogP contribution is 2.27. The Kier molecular flexibility index (Phi) is 4.79. The molecular formula is C16H17NO4. The number of benzene rings is 2. The van der Waals surface area contributed by atoms with Crippen molar-refractivity contribution in [3.63, 3.8) is 0 Å². The average Bonchev–Trinajstić information content (AvgIpc) is 2.49. The third kappa shape index (κ3) is 3.52. The number of phenols is 1. The number of para-hydroxylation sites is 1. The van der Waals surface area contributed by atoms with Gasteiger partial charge in [0.15, 0.2) is 11.5 Å². The highest BCUT2D eigenvalue weighted by atomic mass is 16.5. The second-order valence-corrected chi connectivity index (χ2v) is 4.43. The third-order valence-electron chi connectivity index (χ3n) is 3.01. The second-order valence-electron chi connectivity index (χ2n) is 4.43. The molecule has 0 fully saturated rings. The van der Waals surface area contributed by atoms with Crippen LogP contribution in [0.15, 0.2) is 42.5 Å². The number of hydrogen-bond donors (Lipinski definition) is 2. The maximum absolute atomic E-state index is 12.2. The summed E-state index contributed by atoms with van der Waals surface area (Å²) in [6.45, 7) is 0.407. The van der Waals surface area contributed by atoms with Gasteiger partial charge in [-0.25, -0.2) is 0 Å². The van der Waals surface area contributed by atoms with E-state index in [4.69, 9.17) is 9.47 Å². The van der Waals surface area contributed by atoms with Gasteiger partial charge in [0, 0.05) is 23.9 Å². The van der Waals surface area contributed by atoms with Crippen molar-refractivity contribution in [1.29, 1.82) is 0 Å². The quantitative estimate of drug-likeness (QED) is 0.887. The Morgan fingerprint density at radius 3 is 2.62 bits per heavy atom. The van der Waals surface area contributed by atoms with E-state index in [0.717, 1.165) is 5.56 Å². The van der Waals surface area contributed by atoms with Crippen molar-refractivity contribution in [2.24, 2.45) is 0 Å². The van der Waals surface area contributed by atoms with Gasteiger partial charge in [-0.05, 0) is 24.3 Å². The van der Waals surface area contributed by atoms with E-state index >= 15 is 0 Å². The topological polar surface area (TPSA) is 67.8 Å². The van der Waals surface area contributed by atoms with E-state index in [1.54, 1.807) is 25.3 Å². The summed E-state index contributed by atoms with van der Waals surface area (Å²) in [5.74, 6) is -0.0573. The molecule has 0 saturated heterocycles. The van der Waals surface area contributed by atoms with Gasteiger partial charge >= 0.3 is 0 Å². The van der Waals surface area contributed by atoms with Gasteiger partial charge in [0.25, 0.3) is 5.91 Å². The van der Waals surface area contributed by atoms with Gasteiger partial charge in [0.05, 0.1) is 13.7 Å². The predicted octanol–water partition coefficient (Wildman–Crippen LogP) is 2.80. The summed E-state index contributed by atoms with van der Waals surface area (Å²) in [5.41, 5.74) is 1.91. The predicted molar refractivity (Wildman–Crippen MR) is 79.8 cm³/mol. The lowest BCUT2D eigenvalue weighted by molar-refractivity contribution is 0.102. The molecule has 0 aromatic heterocycles. The van der Waals surface area contributed by atoms with Crippen LogP contribution in [0.4, 0.5) is 5.69 Å². The Hall–Kier alpha value is -2.53. The number of aromatic hydroxyl groups is 1. The first-order valence-electron chi connectivity index (χ1n) is 6.41. The van der Waals surface area contributed by atoms with Crippen LogP contribution in [0, 0.1) is 0 Å². The molecule has 2 rings (SSSR count). The molecule has 2 aromatic carbocycles. The maximum Gasteiger partial charge on any atom is 0.255 e. The molecule has 0 aliphatic carbocycles. The van der Waals surface area contributed by atoms with E-state index in [2.05, 4.69) is 5.32 Å². The molecule has 0 atom stereocenters. The van der Waals surface area contributed by atoms with E-state index in [9.17, 15) is 9.90 Å². The fraction of sp³-hybridized carbons (Fsp3) is 0.188. The number of nitrogens with one attached hydrogen (secondary N) is 1. The van der Waals surface area contributed by atoms with Crippen molar-refractivity contribution in [3.05, 3.63) is 53.6 Å². The molecule has 0 heterocycles. The molecule has 2 N–H and O–H groups in total. The summed E-state index contributed by atoms with van der Waals surface area (Å²) in [6.07, 6.45) is 0. The molecular weight excluding hydrogens is 270 g/mol. The van der Waals surface area contributed by atoms with Gasteiger partial charge in [-0.2, -0.15) is 0 Å². The number of amides is 1. The molecule has 0 aliphatic rings. The fourth-order valence-corrected chi connectivity index (χ4v) is 1.95. The van der Waals surface area contributed by atoms with Crippen LogP contribution in [0.2, 0.25) is 0 Å². The van der Waals surface area contributed by atoms with Crippen LogP contribution in [-0.2, 0) is 11.3 Å². The minimum atomic E-state index is -0.309. The molecule has 0 spiro atoms. The van der Waals surface area contributed by atoms with Crippen molar-refractivity contribution >= 4 is 11.6 Å². The Morgan fingerprint density at radius 2 is 1.95 bits per heavy atom. The van der Waals surface area contributed by atoms with Crippen LogP contribution in [0.3, 0.4) is 0 Å². The number of phenolic OH excluding ortho intramolecular Hbond substituents is 1. The molecule has 0 unspecified atom stereocenters. The number of ether oxygens (including phenoxy) is 2. The molecule has 5 heteroatoms. The molecule has 2 aromatic rings. The molecule has 0 saturated carbocycles. The molecule has 0 bridgehead atoms. The summed E-state index contributed by atoms with van der Waals surface area (Å²) in [4.78, 5) is 12.2. The van der Waals surface area contributed by atoms with Crippen molar-refractivity contribution in [2.75, 3.05) is 19.5 Å². The van der Waals surface area contributed by atoms with Crippen molar-refractivity contribution in [1.82, 2.24) is 0 Å². The van der Waals surface area contributed by atoms with Crippen LogP contribution < -0.4 is 10.1 Å². The zero-order chi connectivity index (χ0) is 15.2. The van der Waals surface area contributed by atoms with Crippen molar-refractivity contribution in [3.8, 4) is 11.5 Å². The van der Waals surface area contributed by atoms with E-state index in [-0.39, 0.29) is 11.7 Å². The fourth-order valence-electron chi connectivity index (χ4n) is 1.95. The summed E-state index contributed by atoms with van der Waals surface area (Å²) in [5, 5.41) is 12.5. The van der Waals surface area contributed by atoms with Gasteiger partial charge in [-0.3, -0.25) is 4.79 Å². The normalized spacial score (nSPS) is 10.2. The largest absolute Gasteiger partial charge is 0.504 e. The zero-order valence-corrected chi connectivity index (χ0v) is 11.9. The van der Waals surface area contributed by atoms with E-state index in [1.807, 2.05) is 18.2 Å². The standard InChI is InChI=1S/C16H17NO4/c1-20-10-12-5-3-4-6-13(12)17-16(19)11-7-8-15(21-2)14(18)9-11/h3-9,18H,10H2,1-2H3,(H,17,19). The molecule has 0 aliphatic heterocycles. The number of anilines is 1. The van der Waals surface area contributed by atoms with Crippen LogP contribution >= 0.6 is 0 Å². The van der Waals surface area contributed by atoms with Crippen molar-refractivity contribution in [2.45, 2.75) is 6.61 Å². The molecule has 5 nitrogen and oxygen atoms in total. The number of carbonyl (C=O) groups is 1. The third-order valence-corrected chi connectivity index (χ3v) is 3.01. The minimum Gasteiger partial charge on any atom is -0.504 e. The smallest absolute Gasteiger partial charge is 0.255 e. The Bertz CT molecular complexity index is 640. The summed E-state index contributed by atoms with van der Waals surface area (Å²) < 4.78 is 10.0. The van der Waals surface area contributed by atoms with Crippen molar-refractivity contribution < 1.29 is 19.4 Å². The summed E-state index contributed by atoms with van der Waals surface area (Å²) >= 11 is 0. The van der Waals surface area contributed by atoms with Crippen LogP contribution in [0.25, 0.3) is 0 Å². The average molecular weight is 287 g/mol. The van der Waals surface area contributed by atoms with Crippen LogP contribution in [0.1, 0.15) is 15.9 Å². The summed E-state index contributed by atoms with van der Waals surface area (Å²) in [7, 11) is 3.05. The Labute approximate surface area is 123 Å². The molecule has 1 amide bonds. The number of carbonyl (C=O) groups excluding carboxylic acids is 1. The first-order chi connectivity index (χ1) is 10.2. The Balaban J connectivity index is 2.20. The van der Waals surface area contributed by atoms with Crippen LogP contribution in [-0.4, -0.2) is 25.2 Å². The summed E-state index contributed by atoms with van der Waals surface area (Å²) in [6, 6.07) is 11.9. The number of rotatable bonds is 5. The molecule has 21 heavy (non-hydrogen) atoms. The first-order valence-corrected chi connectivity index (χ1v) is 6.41. The highest BCUT2D eigenvalue weighted by molar-refractivity contribution is 6.05. The minimum absolute atomic E-state index is 0.0738. The lowest BCUT2D eigenvalue weighted by atomic mass is 10.1. The van der Waals surface area contributed by atoms with Gasteiger partial charge in [0.2, 0.25) is 0 Å². The van der Waals surface area contributed by atoms with E-state index in [0.29, 0.717) is 23.6 Å². The monoisotopic (exact) mass is 287 g/mol. The number of hydrogen-bond acceptors (Lipinski definition) is 4.